The van der Waals surface area contributed by atoms with Gasteiger partial charge in [0.2, 0.25) is 0 Å². The normalized spacial score (nSPS) is 24.1. The minimum absolute atomic E-state index is 0.0120. The van der Waals surface area contributed by atoms with Crippen molar-refractivity contribution in [2.45, 2.75) is 32.4 Å². The van der Waals surface area contributed by atoms with E-state index < -0.39 is 0 Å². The zero-order chi connectivity index (χ0) is 14.4. The quantitative estimate of drug-likeness (QED) is 0.839. The maximum atomic E-state index is 12.0. The molecule has 1 heterocycles. The van der Waals surface area contributed by atoms with Crippen molar-refractivity contribution in [2.75, 3.05) is 19.8 Å². The van der Waals surface area contributed by atoms with Crippen molar-refractivity contribution >= 4 is 5.97 Å². The Balaban J connectivity index is 2.00. The zero-order valence-corrected chi connectivity index (χ0v) is 12.2. The molecule has 1 aliphatic rings. The molecule has 1 aliphatic heterocycles. The summed E-state index contributed by atoms with van der Waals surface area (Å²) >= 11 is 0. The van der Waals surface area contributed by atoms with Crippen LogP contribution in [0.25, 0.3) is 0 Å². The molecule has 1 aromatic rings. The van der Waals surface area contributed by atoms with E-state index in [9.17, 15) is 4.79 Å². The van der Waals surface area contributed by atoms with Crippen molar-refractivity contribution in [2.24, 2.45) is 5.92 Å². The highest BCUT2D eigenvalue weighted by atomic mass is 16.5. The van der Waals surface area contributed by atoms with Gasteiger partial charge in [-0.3, -0.25) is 4.79 Å². The van der Waals surface area contributed by atoms with Crippen molar-refractivity contribution in [3.63, 3.8) is 0 Å². The van der Waals surface area contributed by atoms with E-state index >= 15 is 0 Å². The smallest absolute Gasteiger partial charge is 0.310 e. The first-order valence-electron chi connectivity index (χ1n) is 7.27. The molecule has 0 aromatic heterocycles. The van der Waals surface area contributed by atoms with Gasteiger partial charge in [0.1, 0.15) is 0 Å². The number of ether oxygens (including phenoxy) is 2. The molecule has 0 radical (unpaired) electrons. The van der Waals surface area contributed by atoms with Crippen LogP contribution in [0, 0.1) is 5.92 Å². The maximum Gasteiger partial charge on any atom is 0.310 e. The van der Waals surface area contributed by atoms with Gasteiger partial charge >= 0.3 is 5.97 Å². The molecule has 0 aliphatic carbocycles. The summed E-state index contributed by atoms with van der Waals surface area (Å²) in [5, 5.41) is 3.50. The van der Waals surface area contributed by atoms with Gasteiger partial charge in [-0.2, -0.15) is 0 Å². The molecular weight excluding hydrogens is 254 g/mol. The Morgan fingerprint density at radius 3 is 2.90 bits per heavy atom. The van der Waals surface area contributed by atoms with E-state index in [-0.39, 0.29) is 24.0 Å². The van der Waals surface area contributed by atoms with Gasteiger partial charge in [-0.1, -0.05) is 30.3 Å². The van der Waals surface area contributed by atoms with E-state index in [0.717, 1.165) is 6.42 Å². The van der Waals surface area contributed by atoms with E-state index in [1.807, 2.05) is 25.1 Å². The third kappa shape index (κ3) is 3.81. The second-order valence-electron chi connectivity index (χ2n) is 5.13. The zero-order valence-electron chi connectivity index (χ0n) is 12.2. The molecule has 20 heavy (non-hydrogen) atoms. The Kier molecular flexibility index (Phi) is 5.56. The van der Waals surface area contributed by atoms with Gasteiger partial charge in [0.25, 0.3) is 0 Å². The van der Waals surface area contributed by atoms with Gasteiger partial charge in [0.15, 0.2) is 0 Å². The summed E-state index contributed by atoms with van der Waals surface area (Å²) in [5.41, 5.74) is 1.21. The van der Waals surface area contributed by atoms with E-state index in [1.165, 1.54) is 5.56 Å². The lowest BCUT2D eigenvalue weighted by Crippen LogP contribution is -2.48. The molecule has 0 bridgehead atoms. The third-order valence-corrected chi connectivity index (χ3v) is 3.71. The number of rotatable bonds is 5. The van der Waals surface area contributed by atoms with Crippen LogP contribution in [0.1, 0.15) is 31.9 Å². The molecule has 110 valence electrons. The molecule has 1 saturated heterocycles. The predicted octanol–water partition coefficient (Wildman–Crippen LogP) is 2.31. The Morgan fingerprint density at radius 2 is 2.20 bits per heavy atom. The van der Waals surface area contributed by atoms with E-state index in [0.29, 0.717) is 19.8 Å². The monoisotopic (exact) mass is 277 g/mol. The van der Waals surface area contributed by atoms with E-state index in [1.54, 1.807) is 0 Å². The fraction of sp³-hybridized carbons (Fsp3) is 0.562. The van der Waals surface area contributed by atoms with Crippen LogP contribution in [0.15, 0.2) is 30.3 Å². The molecular formula is C16H23NO3. The summed E-state index contributed by atoms with van der Waals surface area (Å²) in [4.78, 5) is 12.0. The van der Waals surface area contributed by atoms with Crippen molar-refractivity contribution in [3.05, 3.63) is 35.9 Å². The topological polar surface area (TPSA) is 47.6 Å². The number of esters is 1. The highest BCUT2D eigenvalue weighted by Gasteiger charge is 2.33. The number of nitrogens with one attached hydrogen (secondary N) is 1. The average Bonchev–Trinajstić information content (AvgIpc) is 2.49. The Labute approximate surface area is 120 Å². The maximum absolute atomic E-state index is 12.0. The van der Waals surface area contributed by atoms with Gasteiger partial charge in [0, 0.05) is 18.7 Å². The Hall–Kier alpha value is -1.39. The van der Waals surface area contributed by atoms with Crippen LogP contribution in [0.4, 0.5) is 0 Å². The molecule has 2 rings (SSSR count). The van der Waals surface area contributed by atoms with Crippen molar-refractivity contribution in [1.29, 1.82) is 0 Å². The fourth-order valence-corrected chi connectivity index (χ4v) is 2.59. The van der Waals surface area contributed by atoms with Crippen molar-refractivity contribution < 1.29 is 14.3 Å². The number of carbonyl (C=O) groups is 1. The first kappa shape index (κ1) is 15.0. The summed E-state index contributed by atoms with van der Waals surface area (Å²) in [6, 6.07) is 10.4. The fourth-order valence-electron chi connectivity index (χ4n) is 2.59. The summed E-state index contributed by atoms with van der Waals surface area (Å²) in [6.45, 7) is 5.55. The second kappa shape index (κ2) is 7.41. The molecule has 0 unspecified atom stereocenters. The molecule has 1 fully saturated rings. The summed E-state index contributed by atoms with van der Waals surface area (Å²) in [6.07, 6.45) is 0.720. The molecule has 1 aromatic carbocycles. The summed E-state index contributed by atoms with van der Waals surface area (Å²) < 4.78 is 10.7. The highest BCUT2D eigenvalue weighted by molar-refractivity contribution is 5.73. The lowest BCUT2D eigenvalue weighted by atomic mass is 9.93. The van der Waals surface area contributed by atoms with E-state index in [4.69, 9.17) is 9.47 Å². The predicted molar refractivity (Wildman–Crippen MR) is 77.3 cm³/mol. The van der Waals surface area contributed by atoms with Crippen molar-refractivity contribution in [3.8, 4) is 0 Å². The second-order valence-corrected chi connectivity index (χ2v) is 5.13. The van der Waals surface area contributed by atoms with Crippen LogP contribution >= 0.6 is 0 Å². The molecule has 0 saturated carbocycles. The Morgan fingerprint density at radius 1 is 1.45 bits per heavy atom. The van der Waals surface area contributed by atoms with Gasteiger partial charge < -0.3 is 14.8 Å². The van der Waals surface area contributed by atoms with Crippen LogP contribution in [0.5, 0.6) is 0 Å². The van der Waals surface area contributed by atoms with Crippen LogP contribution in [-0.2, 0) is 14.3 Å². The van der Waals surface area contributed by atoms with Crippen molar-refractivity contribution in [1.82, 2.24) is 5.32 Å². The lowest BCUT2D eigenvalue weighted by molar-refractivity contribution is -0.152. The number of benzene rings is 1. The van der Waals surface area contributed by atoms with Crippen LogP contribution in [0.3, 0.4) is 0 Å². The molecule has 3 atom stereocenters. The summed E-state index contributed by atoms with van der Waals surface area (Å²) in [5.74, 6) is -0.233. The minimum Gasteiger partial charge on any atom is -0.466 e. The first-order valence-corrected chi connectivity index (χ1v) is 7.27. The lowest BCUT2D eigenvalue weighted by Gasteiger charge is -2.33. The van der Waals surface area contributed by atoms with Crippen LogP contribution in [-0.4, -0.2) is 31.8 Å². The average molecular weight is 277 g/mol. The largest absolute Gasteiger partial charge is 0.466 e. The minimum atomic E-state index is -0.117. The van der Waals surface area contributed by atoms with Crippen LogP contribution < -0.4 is 5.32 Å². The van der Waals surface area contributed by atoms with Gasteiger partial charge in [-0.25, -0.2) is 0 Å². The molecule has 0 amide bonds. The molecule has 1 N–H and O–H groups in total. The SMILES string of the molecule is CCOC(=O)[C@H]1CCOC[C@H]1N[C@H](C)c1ccccc1. The van der Waals surface area contributed by atoms with E-state index in [2.05, 4.69) is 24.4 Å². The molecule has 4 nitrogen and oxygen atoms in total. The van der Waals surface area contributed by atoms with Gasteiger partial charge in [-0.05, 0) is 25.8 Å². The first-order chi connectivity index (χ1) is 9.72. The highest BCUT2D eigenvalue weighted by Crippen LogP contribution is 2.21. The van der Waals surface area contributed by atoms with Gasteiger partial charge in [0.05, 0.1) is 19.1 Å². The standard InChI is InChI=1S/C16H23NO3/c1-3-20-16(18)14-9-10-19-11-15(14)17-12(2)13-7-5-4-6-8-13/h4-8,12,14-15,17H,3,9-11H2,1-2H3/t12-,14+,15-/m1/s1. The molecule has 4 heteroatoms. The molecule has 0 spiro atoms. The summed E-state index contributed by atoms with van der Waals surface area (Å²) in [7, 11) is 0. The van der Waals surface area contributed by atoms with Crippen LogP contribution in [0.2, 0.25) is 0 Å². The number of hydrogen-bond acceptors (Lipinski definition) is 4. The number of hydrogen-bond donors (Lipinski definition) is 1. The third-order valence-electron chi connectivity index (χ3n) is 3.71. The Bertz CT molecular complexity index is 421. The number of carbonyl (C=O) groups excluding carboxylic acids is 1. The van der Waals surface area contributed by atoms with Gasteiger partial charge in [-0.15, -0.1) is 0 Å².